The van der Waals surface area contributed by atoms with Crippen LogP contribution >= 0.6 is 0 Å². The number of carbonyl (C=O) groups excluding carboxylic acids is 2. The van der Waals surface area contributed by atoms with Gasteiger partial charge < -0.3 is 4.74 Å². The fourth-order valence-electron chi connectivity index (χ4n) is 1.10. The molecule has 0 saturated carbocycles. The number of cyclic esters (lactones) is 1. The third kappa shape index (κ3) is 1.57. The highest BCUT2D eigenvalue weighted by molar-refractivity contribution is 5.99. The van der Waals surface area contributed by atoms with Gasteiger partial charge in [0.15, 0.2) is 6.10 Å². The highest BCUT2D eigenvalue weighted by Crippen LogP contribution is 2.13. The van der Waals surface area contributed by atoms with Crippen LogP contribution in [0.3, 0.4) is 0 Å². The number of hydrogen-bond donors (Lipinski definition) is 0. The molecule has 0 aromatic carbocycles. The molecule has 68 valence electrons. The van der Waals surface area contributed by atoms with E-state index in [1.807, 2.05) is 13.8 Å². The van der Waals surface area contributed by atoms with Crippen LogP contribution in [0.25, 0.3) is 0 Å². The maximum Gasteiger partial charge on any atom is 0.417 e. The first-order chi connectivity index (χ1) is 5.52. The second-order valence-corrected chi connectivity index (χ2v) is 3.37. The molecule has 1 aliphatic heterocycles. The lowest BCUT2D eigenvalue weighted by Crippen LogP contribution is -2.33. The fraction of sp³-hybridized carbons (Fsp3) is 0.750. The first-order valence-electron chi connectivity index (χ1n) is 4.04. The molecule has 0 spiro atoms. The maximum atomic E-state index is 11.2. The van der Waals surface area contributed by atoms with E-state index in [4.69, 9.17) is 4.74 Å². The Morgan fingerprint density at radius 1 is 1.50 bits per heavy atom. The quantitative estimate of drug-likeness (QED) is 0.623. The highest BCUT2D eigenvalue weighted by atomic mass is 16.6. The Kier molecular flexibility index (Phi) is 2.35. The molecule has 0 bridgehead atoms. The molecular weight excluding hydrogens is 158 g/mol. The number of amides is 2. The molecule has 12 heavy (non-hydrogen) atoms. The summed E-state index contributed by atoms with van der Waals surface area (Å²) in [7, 11) is 0. The monoisotopic (exact) mass is 171 g/mol. The predicted octanol–water partition coefficient (Wildman–Crippen LogP) is 1.01. The third-order valence-electron chi connectivity index (χ3n) is 1.66. The van der Waals surface area contributed by atoms with E-state index in [0.29, 0.717) is 6.54 Å². The molecule has 1 saturated heterocycles. The molecule has 1 heterocycles. The highest BCUT2D eigenvalue weighted by Gasteiger charge is 2.37. The van der Waals surface area contributed by atoms with E-state index in [-0.39, 0.29) is 11.8 Å². The topological polar surface area (TPSA) is 46.6 Å². The summed E-state index contributed by atoms with van der Waals surface area (Å²) in [6, 6.07) is 0. The summed E-state index contributed by atoms with van der Waals surface area (Å²) >= 11 is 0. The molecule has 0 aliphatic carbocycles. The zero-order chi connectivity index (χ0) is 9.30. The number of rotatable bonds is 2. The number of hydrogen-bond acceptors (Lipinski definition) is 3. The Labute approximate surface area is 71.5 Å². The van der Waals surface area contributed by atoms with Gasteiger partial charge in [0.2, 0.25) is 0 Å². The van der Waals surface area contributed by atoms with Gasteiger partial charge in [0.1, 0.15) is 0 Å². The molecule has 1 atom stereocenters. The normalized spacial score (nSPS) is 23.7. The van der Waals surface area contributed by atoms with Gasteiger partial charge >= 0.3 is 6.09 Å². The van der Waals surface area contributed by atoms with Crippen molar-refractivity contribution in [1.29, 1.82) is 0 Å². The zero-order valence-electron chi connectivity index (χ0n) is 7.53. The smallest absolute Gasteiger partial charge is 0.417 e. The van der Waals surface area contributed by atoms with E-state index in [1.165, 1.54) is 0 Å². The van der Waals surface area contributed by atoms with Crippen LogP contribution in [0.4, 0.5) is 4.79 Å². The molecule has 4 nitrogen and oxygen atoms in total. The second kappa shape index (κ2) is 3.13. The minimum Gasteiger partial charge on any atom is -0.436 e. The standard InChI is InChI=1S/C8H13NO3/c1-5(2)4-9-7(10)6(3)12-8(9)11/h5-6H,4H2,1-3H3. The lowest BCUT2D eigenvalue weighted by molar-refractivity contribution is -0.129. The first-order valence-corrected chi connectivity index (χ1v) is 4.04. The van der Waals surface area contributed by atoms with E-state index in [9.17, 15) is 9.59 Å². The number of carbonyl (C=O) groups is 2. The summed E-state index contributed by atoms with van der Waals surface area (Å²) in [5.74, 6) is 0.0560. The number of imide groups is 1. The molecule has 1 aliphatic rings. The van der Waals surface area contributed by atoms with Crippen molar-refractivity contribution in [2.45, 2.75) is 26.9 Å². The molecule has 4 heteroatoms. The summed E-state index contributed by atoms with van der Waals surface area (Å²) < 4.78 is 4.72. The number of ether oxygens (including phenoxy) is 1. The van der Waals surface area contributed by atoms with Gasteiger partial charge in [-0.25, -0.2) is 9.69 Å². The third-order valence-corrected chi connectivity index (χ3v) is 1.66. The second-order valence-electron chi connectivity index (χ2n) is 3.37. The minimum absolute atomic E-state index is 0.228. The van der Waals surface area contributed by atoms with Crippen LogP contribution in [-0.2, 0) is 9.53 Å². The van der Waals surface area contributed by atoms with Crippen molar-refractivity contribution in [2.75, 3.05) is 6.54 Å². The van der Waals surface area contributed by atoms with Crippen LogP contribution in [0.15, 0.2) is 0 Å². The van der Waals surface area contributed by atoms with Crippen molar-refractivity contribution in [3.63, 3.8) is 0 Å². The van der Waals surface area contributed by atoms with Gasteiger partial charge in [0, 0.05) is 6.54 Å². The van der Waals surface area contributed by atoms with Crippen LogP contribution in [0.1, 0.15) is 20.8 Å². The molecule has 2 amide bonds. The van der Waals surface area contributed by atoms with Crippen LogP contribution in [0.2, 0.25) is 0 Å². The molecular formula is C8H13NO3. The van der Waals surface area contributed by atoms with E-state index < -0.39 is 12.2 Å². The van der Waals surface area contributed by atoms with Crippen LogP contribution in [0, 0.1) is 5.92 Å². The minimum atomic E-state index is -0.601. The van der Waals surface area contributed by atoms with Crippen molar-refractivity contribution in [1.82, 2.24) is 4.90 Å². The van der Waals surface area contributed by atoms with Gasteiger partial charge in [-0.3, -0.25) is 4.79 Å². The van der Waals surface area contributed by atoms with Gasteiger partial charge in [-0.15, -0.1) is 0 Å². The summed E-state index contributed by atoms with van der Waals surface area (Å²) in [6.45, 7) is 5.93. The van der Waals surface area contributed by atoms with E-state index >= 15 is 0 Å². The molecule has 0 N–H and O–H groups in total. The first kappa shape index (κ1) is 9.03. The van der Waals surface area contributed by atoms with E-state index in [2.05, 4.69) is 0 Å². The van der Waals surface area contributed by atoms with E-state index in [1.54, 1.807) is 6.92 Å². The van der Waals surface area contributed by atoms with Gasteiger partial charge in [-0.2, -0.15) is 0 Å². The summed E-state index contributed by atoms with van der Waals surface area (Å²) in [6.07, 6.45) is -1.11. The molecule has 0 aromatic heterocycles. The molecule has 0 radical (unpaired) electrons. The Morgan fingerprint density at radius 3 is 2.42 bits per heavy atom. The molecule has 1 unspecified atom stereocenters. The average molecular weight is 171 g/mol. The van der Waals surface area contributed by atoms with Gasteiger partial charge in [0.25, 0.3) is 5.91 Å². The molecule has 0 aromatic rings. The largest absolute Gasteiger partial charge is 0.436 e. The zero-order valence-corrected chi connectivity index (χ0v) is 7.53. The molecule has 1 rings (SSSR count). The Balaban J connectivity index is 2.64. The Bertz CT molecular complexity index is 212. The van der Waals surface area contributed by atoms with Gasteiger partial charge in [-0.05, 0) is 12.8 Å². The lowest BCUT2D eigenvalue weighted by Gasteiger charge is -2.12. The van der Waals surface area contributed by atoms with Gasteiger partial charge in [0.05, 0.1) is 0 Å². The average Bonchev–Trinajstić information content (AvgIpc) is 2.16. The van der Waals surface area contributed by atoms with Crippen molar-refractivity contribution in [2.24, 2.45) is 5.92 Å². The Hall–Kier alpha value is -1.06. The summed E-state index contributed by atoms with van der Waals surface area (Å²) in [5.41, 5.74) is 0. The predicted molar refractivity (Wildman–Crippen MR) is 42.5 cm³/mol. The summed E-state index contributed by atoms with van der Waals surface area (Å²) in [5, 5.41) is 0. The van der Waals surface area contributed by atoms with Crippen molar-refractivity contribution in [3.8, 4) is 0 Å². The van der Waals surface area contributed by atoms with Crippen LogP contribution in [0.5, 0.6) is 0 Å². The fourth-order valence-corrected chi connectivity index (χ4v) is 1.10. The van der Waals surface area contributed by atoms with Gasteiger partial charge in [-0.1, -0.05) is 13.8 Å². The maximum absolute atomic E-state index is 11.2. The number of nitrogens with zero attached hydrogens (tertiary/aromatic N) is 1. The van der Waals surface area contributed by atoms with Crippen LogP contribution in [-0.4, -0.2) is 29.5 Å². The van der Waals surface area contributed by atoms with Crippen molar-refractivity contribution >= 4 is 12.0 Å². The Morgan fingerprint density at radius 2 is 2.08 bits per heavy atom. The SMILES string of the molecule is CC(C)CN1C(=O)OC(C)C1=O. The van der Waals surface area contributed by atoms with E-state index in [0.717, 1.165) is 4.90 Å². The summed E-state index contributed by atoms with van der Waals surface area (Å²) in [4.78, 5) is 23.4. The van der Waals surface area contributed by atoms with Crippen LogP contribution < -0.4 is 0 Å². The lowest BCUT2D eigenvalue weighted by atomic mass is 10.2. The van der Waals surface area contributed by atoms with Crippen molar-refractivity contribution in [3.05, 3.63) is 0 Å². The van der Waals surface area contributed by atoms with Crippen molar-refractivity contribution < 1.29 is 14.3 Å². The molecule has 1 fully saturated rings.